The molecule has 17 heavy (non-hydrogen) atoms. The third kappa shape index (κ3) is 3.20. The van der Waals surface area contributed by atoms with E-state index in [0.29, 0.717) is 5.56 Å². The second-order valence-electron chi connectivity index (χ2n) is 3.26. The number of aromatic nitrogens is 2. The Morgan fingerprint density at radius 2 is 2.35 bits per heavy atom. The zero-order valence-electron chi connectivity index (χ0n) is 8.85. The average Bonchev–Trinajstić information content (AvgIpc) is 2.79. The van der Waals surface area contributed by atoms with Crippen molar-refractivity contribution in [1.29, 1.82) is 0 Å². The topological polar surface area (TPSA) is 64.3 Å². The number of benzene rings is 1. The molecule has 0 unspecified atom stereocenters. The number of aromatic hydroxyl groups is 1. The molecule has 0 amide bonds. The Kier molecular flexibility index (Phi) is 3.20. The van der Waals surface area contributed by atoms with E-state index in [-0.39, 0.29) is 5.75 Å². The van der Waals surface area contributed by atoms with Gasteiger partial charge in [0.15, 0.2) is 0 Å². The molecule has 2 rings (SSSR count). The van der Waals surface area contributed by atoms with Gasteiger partial charge in [0, 0.05) is 12.3 Å². The summed E-state index contributed by atoms with van der Waals surface area (Å²) in [6, 6.07) is 6.55. The lowest BCUT2D eigenvalue weighted by Crippen LogP contribution is -2.15. The SMILES string of the molecule is O=C(/C=C/c1cccc(O)c1)On1ccnc1. The molecule has 2 aromatic rings. The summed E-state index contributed by atoms with van der Waals surface area (Å²) in [6.45, 7) is 0. The summed E-state index contributed by atoms with van der Waals surface area (Å²) in [5.74, 6) is -0.374. The van der Waals surface area contributed by atoms with E-state index in [9.17, 15) is 9.90 Å². The zero-order valence-corrected chi connectivity index (χ0v) is 8.85. The van der Waals surface area contributed by atoms with Gasteiger partial charge in [-0.25, -0.2) is 9.78 Å². The van der Waals surface area contributed by atoms with Crippen LogP contribution in [0.25, 0.3) is 6.08 Å². The van der Waals surface area contributed by atoms with Crippen LogP contribution in [0.2, 0.25) is 0 Å². The van der Waals surface area contributed by atoms with Crippen molar-refractivity contribution in [3.63, 3.8) is 0 Å². The molecule has 0 aliphatic heterocycles. The van der Waals surface area contributed by atoms with E-state index >= 15 is 0 Å². The molecule has 0 fully saturated rings. The fraction of sp³-hybridized carbons (Fsp3) is 0. The molecule has 0 atom stereocenters. The lowest BCUT2D eigenvalue weighted by molar-refractivity contribution is -0.138. The third-order valence-electron chi connectivity index (χ3n) is 1.96. The van der Waals surface area contributed by atoms with E-state index in [1.807, 2.05) is 0 Å². The second kappa shape index (κ2) is 4.98. The van der Waals surface area contributed by atoms with E-state index < -0.39 is 5.97 Å². The van der Waals surface area contributed by atoms with Crippen molar-refractivity contribution in [2.24, 2.45) is 0 Å². The highest BCUT2D eigenvalue weighted by Gasteiger charge is 1.98. The molecule has 0 radical (unpaired) electrons. The van der Waals surface area contributed by atoms with Gasteiger partial charge in [-0.1, -0.05) is 12.1 Å². The number of nitrogens with zero attached hydrogens (tertiary/aromatic N) is 2. The summed E-state index contributed by atoms with van der Waals surface area (Å²) in [5, 5.41) is 9.22. The van der Waals surface area contributed by atoms with E-state index in [4.69, 9.17) is 4.84 Å². The first-order valence-corrected chi connectivity index (χ1v) is 4.91. The van der Waals surface area contributed by atoms with Crippen molar-refractivity contribution in [2.75, 3.05) is 0 Å². The van der Waals surface area contributed by atoms with Crippen LogP contribution in [-0.2, 0) is 4.79 Å². The number of carbonyl (C=O) groups is 1. The van der Waals surface area contributed by atoms with Crippen molar-refractivity contribution < 1.29 is 14.7 Å². The minimum absolute atomic E-state index is 0.148. The normalized spacial score (nSPS) is 10.6. The maximum absolute atomic E-state index is 11.3. The van der Waals surface area contributed by atoms with Crippen molar-refractivity contribution in [1.82, 2.24) is 9.71 Å². The summed E-state index contributed by atoms with van der Waals surface area (Å²) >= 11 is 0. The van der Waals surface area contributed by atoms with Gasteiger partial charge in [0.1, 0.15) is 12.1 Å². The van der Waals surface area contributed by atoms with Gasteiger partial charge in [-0.05, 0) is 23.8 Å². The van der Waals surface area contributed by atoms with Crippen molar-refractivity contribution in [3.05, 3.63) is 54.6 Å². The van der Waals surface area contributed by atoms with E-state index in [0.717, 1.165) is 0 Å². The number of hydrogen-bond donors (Lipinski definition) is 1. The molecule has 1 aromatic heterocycles. The summed E-state index contributed by atoms with van der Waals surface area (Å²) in [7, 11) is 0. The van der Waals surface area contributed by atoms with Gasteiger partial charge in [0.05, 0.1) is 6.20 Å². The lowest BCUT2D eigenvalue weighted by atomic mass is 10.2. The van der Waals surface area contributed by atoms with Gasteiger partial charge < -0.3 is 9.94 Å². The van der Waals surface area contributed by atoms with Crippen LogP contribution < -0.4 is 4.84 Å². The Balaban J connectivity index is 1.99. The largest absolute Gasteiger partial charge is 0.508 e. The smallest absolute Gasteiger partial charge is 0.356 e. The molecule has 0 saturated carbocycles. The molecule has 0 aliphatic rings. The quantitative estimate of drug-likeness (QED) is 0.806. The first kappa shape index (κ1) is 10.9. The Labute approximate surface area is 97.6 Å². The fourth-order valence-electron chi connectivity index (χ4n) is 1.23. The van der Waals surface area contributed by atoms with Crippen molar-refractivity contribution in [3.8, 4) is 5.75 Å². The molecule has 1 heterocycles. The van der Waals surface area contributed by atoms with E-state index in [1.165, 1.54) is 29.5 Å². The van der Waals surface area contributed by atoms with Crippen LogP contribution in [-0.4, -0.2) is 20.8 Å². The molecule has 1 N–H and O–H groups in total. The molecular weight excluding hydrogens is 220 g/mol. The van der Waals surface area contributed by atoms with E-state index in [1.54, 1.807) is 30.3 Å². The molecule has 0 spiro atoms. The number of carbonyl (C=O) groups excluding carboxylic acids is 1. The van der Waals surface area contributed by atoms with Gasteiger partial charge in [0.25, 0.3) is 0 Å². The summed E-state index contributed by atoms with van der Waals surface area (Å²) in [5.41, 5.74) is 0.715. The Bertz CT molecular complexity index is 532. The molecule has 1 aromatic carbocycles. The Hall–Kier alpha value is -2.56. The molecule has 0 saturated heterocycles. The standard InChI is InChI=1S/C12H10N2O3/c15-11-3-1-2-10(8-11)4-5-12(16)17-14-7-6-13-9-14/h1-9,15H/b5-4+. The van der Waals surface area contributed by atoms with Crippen LogP contribution in [0, 0.1) is 0 Å². The Morgan fingerprint density at radius 1 is 1.47 bits per heavy atom. The molecule has 5 nitrogen and oxygen atoms in total. The second-order valence-corrected chi connectivity index (χ2v) is 3.26. The summed E-state index contributed by atoms with van der Waals surface area (Å²) < 4.78 is 1.20. The van der Waals surface area contributed by atoms with Crippen molar-refractivity contribution >= 4 is 12.0 Å². The highest BCUT2D eigenvalue weighted by atomic mass is 16.7. The molecule has 0 aliphatic carbocycles. The first-order chi connectivity index (χ1) is 8.24. The van der Waals surface area contributed by atoms with Gasteiger partial charge >= 0.3 is 5.97 Å². The monoisotopic (exact) mass is 230 g/mol. The van der Waals surface area contributed by atoms with Crippen LogP contribution in [0.5, 0.6) is 5.75 Å². The lowest BCUT2D eigenvalue weighted by Gasteiger charge is -1.99. The molecular formula is C12H10N2O3. The maximum atomic E-state index is 11.3. The Morgan fingerprint density at radius 3 is 3.06 bits per heavy atom. The van der Waals surface area contributed by atoms with Crippen molar-refractivity contribution in [2.45, 2.75) is 0 Å². The number of rotatable bonds is 3. The van der Waals surface area contributed by atoms with Crippen LogP contribution >= 0.6 is 0 Å². The van der Waals surface area contributed by atoms with Crippen LogP contribution in [0.1, 0.15) is 5.56 Å². The highest BCUT2D eigenvalue weighted by molar-refractivity contribution is 5.87. The number of phenols is 1. The van der Waals surface area contributed by atoms with Gasteiger partial charge in [-0.3, -0.25) is 0 Å². The third-order valence-corrected chi connectivity index (χ3v) is 1.96. The minimum Gasteiger partial charge on any atom is -0.508 e. The summed E-state index contributed by atoms with van der Waals surface area (Å²) in [6.07, 6.45) is 7.22. The first-order valence-electron chi connectivity index (χ1n) is 4.91. The highest BCUT2D eigenvalue weighted by Crippen LogP contribution is 2.11. The minimum atomic E-state index is -0.522. The van der Waals surface area contributed by atoms with Crippen LogP contribution in [0.15, 0.2) is 49.1 Å². The average molecular weight is 230 g/mol. The predicted octanol–water partition coefficient (Wildman–Crippen LogP) is 1.26. The molecule has 86 valence electrons. The summed E-state index contributed by atoms with van der Waals surface area (Å²) in [4.78, 5) is 20.0. The maximum Gasteiger partial charge on any atom is 0.356 e. The van der Waals surface area contributed by atoms with Crippen LogP contribution in [0.4, 0.5) is 0 Å². The number of phenolic OH excluding ortho intramolecular Hbond substituents is 1. The predicted molar refractivity (Wildman–Crippen MR) is 61.0 cm³/mol. The zero-order chi connectivity index (χ0) is 12.1. The van der Waals surface area contributed by atoms with E-state index in [2.05, 4.69) is 4.98 Å². The van der Waals surface area contributed by atoms with Gasteiger partial charge in [-0.15, -0.1) is 0 Å². The molecule has 5 heteroatoms. The van der Waals surface area contributed by atoms with Gasteiger partial charge in [-0.2, -0.15) is 4.73 Å². The number of imidazole rings is 1. The molecule has 0 bridgehead atoms. The fourth-order valence-corrected chi connectivity index (χ4v) is 1.23. The van der Waals surface area contributed by atoms with Gasteiger partial charge in [0.2, 0.25) is 0 Å². The van der Waals surface area contributed by atoms with Crippen LogP contribution in [0.3, 0.4) is 0 Å². The number of hydrogen-bond acceptors (Lipinski definition) is 4.